The first-order chi connectivity index (χ1) is 11.0. The third-order valence-electron chi connectivity index (χ3n) is 3.16. The number of carbonyl (C=O) groups excluding carboxylic acids is 1. The molecule has 1 amide bonds. The highest BCUT2D eigenvalue weighted by atomic mass is 16.5. The molecule has 3 N–H and O–H groups in total. The molecule has 1 aromatic heterocycles. The van der Waals surface area contributed by atoms with Crippen LogP contribution in [0.3, 0.4) is 0 Å². The Hall–Kier alpha value is -2.87. The highest BCUT2D eigenvalue weighted by Crippen LogP contribution is 2.29. The van der Waals surface area contributed by atoms with Gasteiger partial charge in [-0.25, -0.2) is 5.10 Å². The van der Waals surface area contributed by atoms with Crippen molar-refractivity contribution in [1.29, 1.82) is 0 Å². The van der Waals surface area contributed by atoms with Gasteiger partial charge in [-0.1, -0.05) is 0 Å². The summed E-state index contributed by atoms with van der Waals surface area (Å²) in [6, 6.07) is 7.50. The summed E-state index contributed by atoms with van der Waals surface area (Å²) in [6.45, 7) is -0.0524. The molecule has 1 heterocycles. The number of nitrogens with zero attached hydrogens (tertiary/aromatic N) is 1. The van der Waals surface area contributed by atoms with Gasteiger partial charge in [0, 0.05) is 18.2 Å². The number of ether oxygens (including phenoxy) is 2. The predicted octanol–water partition coefficient (Wildman–Crippen LogP) is 0.250. The van der Waals surface area contributed by atoms with Crippen molar-refractivity contribution >= 4 is 5.91 Å². The zero-order chi connectivity index (χ0) is 16.8. The molecule has 0 saturated heterocycles. The largest absolute Gasteiger partial charge is 0.497 e. The van der Waals surface area contributed by atoms with Crippen LogP contribution in [0.15, 0.2) is 35.1 Å². The molecule has 2 aromatic rings. The van der Waals surface area contributed by atoms with Crippen LogP contribution in [0.5, 0.6) is 11.5 Å². The summed E-state index contributed by atoms with van der Waals surface area (Å²) in [5.41, 5.74) is 0.138. The van der Waals surface area contributed by atoms with Gasteiger partial charge in [0.05, 0.1) is 14.2 Å². The molecule has 1 unspecified atom stereocenters. The summed E-state index contributed by atoms with van der Waals surface area (Å²) in [5.74, 6) is 0.533. The van der Waals surface area contributed by atoms with Gasteiger partial charge in [-0.3, -0.25) is 9.59 Å². The highest BCUT2D eigenvalue weighted by molar-refractivity contribution is 5.91. The second-order valence-corrected chi connectivity index (χ2v) is 4.64. The van der Waals surface area contributed by atoms with Gasteiger partial charge in [0.15, 0.2) is 0 Å². The van der Waals surface area contributed by atoms with Crippen molar-refractivity contribution in [3.63, 3.8) is 0 Å². The molecule has 0 spiro atoms. The fraction of sp³-hybridized carbons (Fsp3) is 0.267. The van der Waals surface area contributed by atoms with E-state index in [0.29, 0.717) is 17.1 Å². The average Bonchev–Trinajstić information content (AvgIpc) is 2.59. The van der Waals surface area contributed by atoms with E-state index in [1.54, 1.807) is 18.2 Å². The number of hydrogen-bond acceptors (Lipinski definition) is 6. The van der Waals surface area contributed by atoms with Crippen molar-refractivity contribution in [1.82, 2.24) is 15.5 Å². The SMILES string of the molecule is COc1ccc(OC)c(C(O)CNC(=O)c2ccc(=O)[nH]n2)c1. The van der Waals surface area contributed by atoms with E-state index in [4.69, 9.17) is 9.47 Å². The minimum absolute atomic E-state index is 0.0504. The Bertz CT molecular complexity index is 724. The summed E-state index contributed by atoms with van der Waals surface area (Å²) >= 11 is 0. The number of rotatable bonds is 6. The van der Waals surface area contributed by atoms with Gasteiger partial charge < -0.3 is 19.9 Å². The lowest BCUT2D eigenvalue weighted by Gasteiger charge is -2.16. The average molecular weight is 319 g/mol. The molecule has 0 bridgehead atoms. The molecule has 0 aliphatic heterocycles. The van der Waals surface area contributed by atoms with E-state index in [1.807, 2.05) is 0 Å². The van der Waals surface area contributed by atoms with Gasteiger partial charge >= 0.3 is 0 Å². The molecule has 122 valence electrons. The fourth-order valence-corrected chi connectivity index (χ4v) is 1.96. The van der Waals surface area contributed by atoms with E-state index in [-0.39, 0.29) is 12.2 Å². The first kappa shape index (κ1) is 16.5. The van der Waals surface area contributed by atoms with Crippen molar-refractivity contribution in [3.05, 3.63) is 51.9 Å². The first-order valence-corrected chi connectivity index (χ1v) is 6.79. The number of H-pyrrole nitrogens is 1. The van der Waals surface area contributed by atoms with Crippen LogP contribution in [-0.4, -0.2) is 42.0 Å². The van der Waals surface area contributed by atoms with Crippen LogP contribution in [0.25, 0.3) is 0 Å². The van der Waals surface area contributed by atoms with E-state index in [9.17, 15) is 14.7 Å². The standard InChI is InChI=1S/C15H17N3O5/c1-22-9-3-5-13(23-2)10(7-9)12(19)8-16-15(21)11-4-6-14(20)18-17-11/h3-7,12,19H,8H2,1-2H3,(H,16,21)(H,18,20). The van der Waals surface area contributed by atoms with Crippen molar-refractivity contribution in [2.75, 3.05) is 20.8 Å². The third kappa shape index (κ3) is 4.07. The highest BCUT2D eigenvalue weighted by Gasteiger charge is 2.16. The number of aliphatic hydroxyl groups excluding tert-OH is 1. The normalized spacial score (nSPS) is 11.6. The monoisotopic (exact) mass is 319 g/mol. The molecule has 1 atom stereocenters. The fourth-order valence-electron chi connectivity index (χ4n) is 1.96. The van der Waals surface area contributed by atoms with Crippen molar-refractivity contribution in [2.24, 2.45) is 0 Å². The maximum absolute atomic E-state index is 11.9. The quantitative estimate of drug-likeness (QED) is 0.703. The van der Waals surface area contributed by atoms with Crippen LogP contribution in [0.2, 0.25) is 0 Å². The van der Waals surface area contributed by atoms with Gasteiger partial charge in [0.1, 0.15) is 23.3 Å². The van der Waals surface area contributed by atoms with Gasteiger partial charge in [0.2, 0.25) is 0 Å². The van der Waals surface area contributed by atoms with Crippen LogP contribution < -0.4 is 20.3 Å². The van der Waals surface area contributed by atoms with E-state index in [0.717, 1.165) is 0 Å². The molecule has 0 aliphatic rings. The van der Waals surface area contributed by atoms with Crippen LogP contribution >= 0.6 is 0 Å². The molecule has 0 radical (unpaired) electrons. The number of hydrogen-bond donors (Lipinski definition) is 3. The third-order valence-corrected chi connectivity index (χ3v) is 3.16. The molecule has 8 heteroatoms. The molecular weight excluding hydrogens is 302 g/mol. The van der Waals surface area contributed by atoms with Crippen LogP contribution in [0, 0.1) is 0 Å². The van der Waals surface area contributed by atoms with Crippen molar-refractivity contribution in [2.45, 2.75) is 6.10 Å². The number of methoxy groups -OCH3 is 2. The minimum atomic E-state index is -0.994. The van der Waals surface area contributed by atoms with E-state index >= 15 is 0 Å². The second-order valence-electron chi connectivity index (χ2n) is 4.64. The maximum Gasteiger partial charge on any atom is 0.271 e. The molecule has 0 saturated carbocycles. The number of carbonyl (C=O) groups is 1. The van der Waals surface area contributed by atoms with E-state index in [1.165, 1.54) is 26.4 Å². The van der Waals surface area contributed by atoms with E-state index < -0.39 is 17.6 Å². The second kappa shape index (κ2) is 7.41. The Morgan fingerprint density at radius 3 is 2.70 bits per heavy atom. The van der Waals surface area contributed by atoms with Crippen molar-refractivity contribution in [3.8, 4) is 11.5 Å². The number of aromatic nitrogens is 2. The summed E-state index contributed by atoms with van der Waals surface area (Å²) in [5, 5.41) is 18.6. The maximum atomic E-state index is 11.9. The number of aliphatic hydroxyl groups is 1. The van der Waals surface area contributed by atoms with Gasteiger partial charge in [-0.2, -0.15) is 5.10 Å². The molecule has 0 fully saturated rings. The number of aromatic amines is 1. The minimum Gasteiger partial charge on any atom is -0.497 e. The van der Waals surface area contributed by atoms with E-state index in [2.05, 4.69) is 15.5 Å². The number of amides is 1. The molecule has 1 aromatic carbocycles. The van der Waals surface area contributed by atoms with Crippen LogP contribution in [0.1, 0.15) is 22.2 Å². The molecule has 2 rings (SSSR count). The summed E-state index contributed by atoms with van der Waals surface area (Å²) in [4.78, 5) is 22.8. The Morgan fingerprint density at radius 2 is 2.09 bits per heavy atom. The molecular formula is C15H17N3O5. The molecule has 23 heavy (non-hydrogen) atoms. The predicted molar refractivity (Wildman–Crippen MR) is 81.7 cm³/mol. The topological polar surface area (TPSA) is 114 Å². The summed E-state index contributed by atoms with van der Waals surface area (Å²) in [6.07, 6.45) is -0.994. The van der Waals surface area contributed by atoms with Crippen LogP contribution in [-0.2, 0) is 0 Å². The first-order valence-electron chi connectivity index (χ1n) is 6.79. The zero-order valence-corrected chi connectivity index (χ0v) is 12.7. The Balaban J connectivity index is 2.07. The lowest BCUT2D eigenvalue weighted by molar-refractivity contribution is 0.0908. The smallest absolute Gasteiger partial charge is 0.271 e. The summed E-state index contributed by atoms with van der Waals surface area (Å²) < 4.78 is 10.3. The van der Waals surface area contributed by atoms with Gasteiger partial charge in [-0.15, -0.1) is 0 Å². The zero-order valence-electron chi connectivity index (χ0n) is 12.7. The van der Waals surface area contributed by atoms with Gasteiger partial charge in [-0.05, 0) is 24.3 Å². The molecule has 8 nitrogen and oxygen atoms in total. The summed E-state index contributed by atoms with van der Waals surface area (Å²) in [7, 11) is 3.00. The van der Waals surface area contributed by atoms with Crippen molar-refractivity contribution < 1.29 is 19.4 Å². The van der Waals surface area contributed by atoms with Crippen LogP contribution in [0.4, 0.5) is 0 Å². The Morgan fingerprint density at radius 1 is 1.30 bits per heavy atom. The van der Waals surface area contributed by atoms with Gasteiger partial charge in [0.25, 0.3) is 11.5 Å². The number of benzene rings is 1. The Labute approximate surface area is 132 Å². The molecule has 0 aliphatic carbocycles. The number of nitrogens with one attached hydrogen (secondary N) is 2. The Kier molecular flexibility index (Phi) is 5.32. The lowest BCUT2D eigenvalue weighted by atomic mass is 10.1. The lowest BCUT2D eigenvalue weighted by Crippen LogP contribution is -2.30.